The molecule has 0 aliphatic heterocycles. The number of methoxy groups -OCH3 is 1. The number of nitrogens with zero attached hydrogens (tertiary/aromatic N) is 2. The fourth-order valence-corrected chi connectivity index (χ4v) is 1.36. The normalized spacial score (nSPS) is 11.8. The number of halogens is 1. The van der Waals surface area contributed by atoms with Crippen LogP contribution >= 0.6 is 11.6 Å². The Bertz CT molecular complexity index is 408. The van der Waals surface area contributed by atoms with E-state index >= 15 is 0 Å². The monoisotopic (exact) mass is 257 g/mol. The predicted molar refractivity (Wildman–Crippen MR) is 69.1 cm³/mol. The lowest BCUT2D eigenvalue weighted by atomic mass is 10.3. The summed E-state index contributed by atoms with van der Waals surface area (Å²) in [6, 6.07) is 1.79. The van der Waals surface area contributed by atoms with Gasteiger partial charge in [-0.15, -0.1) is 11.6 Å². The molecule has 1 atom stereocenters. The summed E-state index contributed by atoms with van der Waals surface area (Å²) in [5.74, 6) is 0.0722. The molecule has 1 aromatic heterocycles. The van der Waals surface area contributed by atoms with Gasteiger partial charge in [-0.25, -0.2) is 4.98 Å². The van der Waals surface area contributed by atoms with Crippen LogP contribution in [0.15, 0.2) is 12.3 Å². The van der Waals surface area contributed by atoms with Gasteiger partial charge in [-0.2, -0.15) is 0 Å². The van der Waals surface area contributed by atoms with E-state index in [0.717, 1.165) is 5.69 Å². The minimum atomic E-state index is -0.616. The van der Waals surface area contributed by atoms with E-state index in [1.54, 1.807) is 19.2 Å². The first-order chi connectivity index (χ1) is 7.97. The molecule has 1 aromatic rings. The average molecular weight is 258 g/mol. The molecule has 0 fully saturated rings. The zero-order valence-corrected chi connectivity index (χ0v) is 11.1. The van der Waals surface area contributed by atoms with E-state index in [-0.39, 0.29) is 5.91 Å². The van der Waals surface area contributed by atoms with Crippen LogP contribution in [0.3, 0.4) is 0 Å². The van der Waals surface area contributed by atoms with E-state index in [4.69, 9.17) is 16.3 Å². The first-order valence-corrected chi connectivity index (χ1v) is 5.56. The molecule has 1 amide bonds. The summed E-state index contributed by atoms with van der Waals surface area (Å²) in [6.07, 6.45) is 1.62. The number of hydrogen-bond acceptors (Lipinski definition) is 4. The van der Waals surface area contributed by atoms with E-state index in [2.05, 4.69) is 10.3 Å². The first-order valence-electron chi connectivity index (χ1n) is 5.12. The van der Waals surface area contributed by atoms with Gasteiger partial charge < -0.3 is 15.0 Å². The molecule has 5 nitrogen and oxygen atoms in total. The molecule has 0 bridgehead atoms. The van der Waals surface area contributed by atoms with Crippen LogP contribution in [-0.2, 0) is 4.79 Å². The van der Waals surface area contributed by atoms with Crippen molar-refractivity contribution in [3.63, 3.8) is 0 Å². The number of rotatable bonds is 4. The standard InChI is InChI=1S/C11H16ClN3O2/c1-7(12)10(16)14-9-8(15(2)3)5-6-13-11(9)17-4/h5-7H,1-4H3,(H,14,16). The smallest absolute Gasteiger partial charge is 0.242 e. The maximum Gasteiger partial charge on any atom is 0.242 e. The quantitative estimate of drug-likeness (QED) is 0.835. The maximum atomic E-state index is 11.6. The summed E-state index contributed by atoms with van der Waals surface area (Å²) in [5.41, 5.74) is 1.33. The number of anilines is 2. The summed E-state index contributed by atoms with van der Waals surface area (Å²) in [6.45, 7) is 1.61. The molecule has 0 saturated heterocycles. The molecular formula is C11H16ClN3O2. The van der Waals surface area contributed by atoms with E-state index in [9.17, 15) is 4.79 Å². The lowest BCUT2D eigenvalue weighted by Gasteiger charge is -2.19. The van der Waals surface area contributed by atoms with Gasteiger partial charge in [-0.05, 0) is 13.0 Å². The van der Waals surface area contributed by atoms with Crippen LogP contribution in [-0.4, -0.2) is 37.5 Å². The third-order valence-electron chi connectivity index (χ3n) is 2.18. The second-order valence-electron chi connectivity index (χ2n) is 3.71. The Morgan fingerprint density at radius 1 is 1.59 bits per heavy atom. The van der Waals surface area contributed by atoms with Crippen molar-refractivity contribution in [1.29, 1.82) is 0 Å². The van der Waals surface area contributed by atoms with E-state index in [1.807, 2.05) is 19.0 Å². The Balaban J connectivity index is 3.13. The van der Waals surface area contributed by atoms with Crippen molar-refractivity contribution in [3.05, 3.63) is 12.3 Å². The number of amides is 1. The Kier molecular flexibility index (Phi) is 4.57. The number of aromatic nitrogens is 1. The number of ether oxygens (including phenoxy) is 1. The number of nitrogens with one attached hydrogen (secondary N) is 1. The lowest BCUT2D eigenvalue weighted by molar-refractivity contribution is -0.115. The maximum absolute atomic E-state index is 11.6. The van der Waals surface area contributed by atoms with Crippen LogP contribution in [0.2, 0.25) is 0 Å². The van der Waals surface area contributed by atoms with Crippen molar-refractivity contribution in [3.8, 4) is 5.88 Å². The van der Waals surface area contributed by atoms with Crippen molar-refractivity contribution >= 4 is 28.9 Å². The summed E-state index contributed by atoms with van der Waals surface area (Å²) in [5, 5.41) is 2.09. The van der Waals surface area contributed by atoms with E-state index in [0.29, 0.717) is 11.6 Å². The van der Waals surface area contributed by atoms with Crippen molar-refractivity contribution in [2.75, 3.05) is 31.4 Å². The molecule has 0 aliphatic rings. The van der Waals surface area contributed by atoms with Crippen molar-refractivity contribution in [2.24, 2.45) is 0 Å². The van der Waals surface area contributed by atoms with Crippen LogP contribution in [0.5, 0.6) is 5.88 Å². The number of pyridine rings is 1. The number of alkyl halides is 1. The number of carbonyl (C=O) groups is 1. The molecule has 1 rings (SSSR count). The molecule has 1 unspecified atom stereocenters. The highest BCUT2D eigenvalue weighted by molar-refractivity contribution is 6.32. The van der Waals surface area contributed by atoms with E-state index in [1.165, 1.54) is 7.11 Å². The fraction of sp³-hybridized carbons (Fsp3) is 0.455. The van der Waals surface area contributed by atoms with Gasteiger partial charge >= 0.3 is 0 Å². The zero-order valence-electron chi connectivity index (χ0n) is 10.3. The van der Waals surface area contributed by atoms with Gasteiger partial charge in [0, 0.05) is 20.3 Å². The molecular weight excluding hydrogens is 242 g/mol. The summed E-state index contributed by atoms with van der Waals surface area (Å²) in [7, 11) is 5.24. The highest BCUT2D eigenvalue weighted by Gasteiger charge is 2.17. The molecule has 0 saturated carbocycles. The molecule has 0 radical (unpaired) electrons. The topological polar surface area (TPSA) is 54.5 Å². The second-order valence-corrected chi connectivity index (χ2v) is 4.37. The average Bonchev–Trinajstić information content (AvgIpc) is 2.28. The highest BCUT2D eigenvalue weighted by Crippen LogP contribution is 2.32. The van der Waals surface area contributed by atoms with Gasteiger partial charge in [0.25, 0.3) is 0 Å². The zero-order chi connectivity index (χ0) is 13.0. The van der Waals surface area contributed by atoms with E-state index < -0.39 is 5.38 Å². The van der Waals surface area contributed by atoms with Crippen LogP contribution < -0.4 is 15.0 Å². The van der Waals surface area contributed by atoms with Gasteiger partial charge in [-0.1, -0.05) is 0 Å². The fourth-order valence-electron chi connectivity index (χ4n) is 1.30. The van der Waals surface area contributed by atoms with Gasteiger partial charge in [0.1, 0.15) is 11.1 Å². The molecule has 1 heterocycles. The molecule has 0 aliphatic carbocycles. The minimum Gasteiger partial charge on any atom is -0.479 e. The van der Waals surface area contributed by atoms with Crippen LogP contribution in [0.25, 0.3) is 0 Å². The van der Waals surface area contributed by atoms with Crippen molar-refractivity contribution < 1.29 is 9.53 Å². The summed E-state index contributed by atoms with van der Waals surface area (Å²) >= 11 is 5.72. The number of carbonyl (C=O) groups excluding carboxylic acids is 1. The Morgan fingerprint density at radius 2 is 2.24 bits per heavy atom. The third kappa shape index (κ3) is 3.23. The third-order valence-corrected chi connectivity index (χ3v) is 2.38. The van der Waals surface area contributed by atoms with Crippen molar-refractivity contribution in [2.45, 2.75) is 12.3 Å². The first kappa shape index (κ1) is 13.6. The highest BCUT2D eigenvalue weighted by atomic mass is 35.5. The minimum absolute atomic E-state index is 0.291. The molecule has 0 spiro atoms. The van der Waals surface area contributed by atoms with Gasteiger partial charge in [0.2, 0.25) is 11.8 Å². The Morgan fingerprint density at radius 3 is 2.71 bits per heavy atom. The van der Waals surface area contributed by atoms with Gasteiger partial charge in [0.05, 0.1) is 12.8 Å². The molecule has 6 heteroatoms. The van der Waals surface area contributed by atoms with Gasteiger partial charge in [-0.3, -0.25) is 4.79 Å². The lowest BCUT2D eigenvalue weighted by Crippen LogP contribution is -2.23. The van der Waals surface area contributed by atoms with Crippen LogP contribution in [0.1, 0.15) is 6.92 Å². The largest absolute Gasteiger partial charge is 0.479 e. The van der Waals surface area contributed by atoms with Crippen LogP contribution in [0.4, 0.5) is 11.4 Å². The Labute approximate surface area is 106 Å². The Hall–Kier alpha value is -1.49. The summed E-state index contributed by atoms with van der Waals surface area (Å²) < 4.78 is 5.12. The number of hydrogen-bond donors (Lipinski definition) is 1. The summed E-state index contributed by atoms with van der Waals surface area (Å²) in [4.78, 5) is 17.5. The van der Waals surface area contributed by atoms with Gasteiger partial charge in [0.15, 0.2) is 0 Å². The predicted octanol–water partition coefficient (Wildman–Crippen LogP) is 1.72. The van der Waals surface area contributed by atoms with Crippen LogP contribution in [0, 0.1) is 0 Å². The molecule has 94 valence electrons. The SMILES string of the molecule is COc1nccc(N(C)C)c1NC(=O)C(C)Cl. The molecule has 1 N–H and O–H groups in total. The molecule has 0 aromatic carbocycles. The second kappa shape index (κ2) is 5.72. The molecule has 17 heavy (non-hydrogen) atoms. The van der Waals surface area contributed by atoms with Crippen molar-refractivity contribution in [1.82, 2.24) is 4.98 Å².